The Hall–Kier alpha value is -0.120. The molecule has 0 amide bonds. The van der Waals surface area contributed by atoms with Gasteiger partial charge in [-0.15, -0.1) is 0 Å². The minimum absolute atomic E-state index is 0.515. The van der Waals surface area contributed by atoms with Crippen LogP contribution in [-0.4, -0.2) is 49.8 Å². The summed E-state index contributed by atoms with van der Waals surface area (Å²) >= 11 is 0. The fraction of sp³-hybridized carbons (Fsp3) is 1.00. The van der Waals surface area contributed by atoms with E-state index < -0.39 is 0 Å². The maximum atomic E-state index is 6.02. The number of hydrogen-bond acceptors (Lipinski definition) is 3. The van der Waals surface area contributed by atoms with E-state index in [0.717, 1.165) is 19.1 Å². The molecule has 0 bridgehead atoms. The third-order valence-electron chi connectivity index (χ3n) is 4.28. The molecule has 1 N–H and O–H groups in total. The number of hydrogen-bond donors (Lipinski definition) is 1. The van der Waals surface area contributed by atoms with Gasteiger partial charge in [-0.1, -0.05) is 34.1 Å². The zero-order chi connectivity index (χ0) is 14.8. The van der Waals surface area contributed by atoms with Crippen molar-refractivity contribution in [3.8, 4) is 0 Å². The van der Waals surface area contributed by atoms with Crippen molar-refractivity contribution in [1.29, 1.82) is 0 Å². The molecule has 1 unspecified atom stereocenters. The summed E-state index contributed by atoms with van der Waals surface area (Å²) in [6.45, 7) is 14.8. The Morgan fingerprint density at radius 2 is 1.85 bits per heavy atom. The average molecular weight is 284 g/mol. The average Bonchev–Trinajstić information content (AvgIpc) is 2.44. The Labute approximate surface area is 126 Å². The monoisotopic (exact) mass is 284 g/mol. The van der Waals surface area contributed by atoms with Crippen molar-refractivity contribution in [2.24, 2.45) is 5.92 Å². The Balaban J connectivity index is 1.97. The quantitative estimate of drug-likeness (QED) is 0.623. The van der Waals surface area contributed by atoms with Crippen LogP contribution in [0.3, 0.4) is 0 Å². The summed E-state index contributed by atoms with van der Waals surface area (Å²) < 4.78 is 6.02. The number of nitrogens with zero attached hydrogens (tertiary/aromatic N) is 1. The summed E-state index contributed by atoms with van der Waals surface area (Å²) in [7, 11) is 0. The summed E-state index contributed by atoms with van der Waals surface area (Å²) in [6, 6.07) is 0.603. The molecule has 0 aromatic heterocycles. The fourth-order valence-electron chi connectivity index (χ4n) is 2.70. The van der Waals surface area contributed by atoms with Gasteiger partial charge >= 0.3 is 0 Å². The van der Waals surface area contributed by atoms with Crippen LogP contribution in [-0.2, 0) is 4.74 Å². The molecule has 0 saturated carbocycles. The maximum absolute atomic E-state index is 6.02. The van der Waals surface area contributed by atoms with Crippen molar-refractivity contribution >= 4 is 0 Å². The summed E-state index contributed by atoms with van der Waals surface area (Å²) in [5.41, 5.74) is 0. The standard InChI is InChI=1S/C17H36N2O/c1-5-16(4)14-19-11-8-17(9-12-19)20-13-7-6-10-18-15(2)3/h15-18H,5-14H2,1-4H3. The van der Waals surface area contributed by atoms with E-state index in [1.165, 1.54) is 51.7 Å². The molecular weight excluding hydrogens is 248 g/mol. The van der Waals surface area contributed by atoms with Crippen LogP contribution < -0.4 is 5.32 Å². The van der Waals surface area contributed by atoms with Crippen LogP contribution >= 0.6 is 0 Å². The molecule has 1 aliphatic heterocycles. The van der Waals surface area contributed by atoms with Crippen LogP contribution in [0.1, 0.15) is 59.8 Å². The molecule has 1 saturated heterocycles. The van der Waals surface area contributed by atoms with Crippen LogP contribution in [0.2, 0.25) is 0 Å². The van der Waals surface area contributed by atoms with Gasteiger partial charge in [0.1, 0.15) is 0 Å². The summed E-state index contributed by atoms with van der Waals surface area (Å²) in [5, 5.41) is 3.45. The van der Waals surface area contributed by atoms with Gasteiger partial charge in [-0.05, 0) is 38.1 Å². The molecule has 1 aliphatic rings. The van der Waals surface area contributed by atoms with Gasteiger partial charge in [0.2, 0.25) is 0 Å². The van der Waals surface area contributed by atoms with Crippen molar-refractivity contribution in [3.05, 3.63) is 0 Å². The number of ether oxygens (including phenoxy) is 1. The molecule has 20 heavy (non-hydrogen) atoms. The highest BCUT2D eigenvalue weighted by atomic mass is 16.5. The second kappa shape index (κ2) is 10.6. The second-order valence-electron chi connectivity index (χ2n) is 6.70. The normalized spacial score (nSPS) is 19.6. The molecule has 0 aromatic rings. The molecule has 1 fully saturated rings. The molecule has 120 valence electrons. The van der Waals surface area contributed by atoms with Gasteiger partial charge in [0.15, 0.2) is 0 Å². The lowest BCUT2D eigenvalue weighted by molar-refractivity contribution is 0.00354. The van der Waals surface area contributed by atoms with Crippen LogP contribution in [0.5, 0.6) is 0 Å². The smallest absolute Gasteiger partial charge is 0.0599 e. The molecule has 0 spiro atoms. The van der Waals surface area contributed by atoms with E-state index in [2.05, 4.69) is 37.9 Å². The predicted octanol–water partition coefficient (Wildman–Crippen LogP) is 3.29. The van der Waals surface area contributed by atoms with Gasteiger partial charge in [-0.3, -0.25) is 0 Å². The minimum atomic E-state index is 0.515. The molecule has 0 aliphatic carbocycles. The number of piperidine rings is 1. The van der Waals surface area contributed by atoms with Gasteiger partial charge < -0.3 is 15.0 Å². The van der Waals surface area contributed by atoms with E-state index in [-0.39, 0.29) is 0 Å². The highest BCUT2D eigenvalue weighted by Gasteiger charge is 2.20. The van der Waals surface area contributed by atoms with Crippen LogP contribution in [0.15, 0.2) is 0 Å². The van der Waals surface area contributed by atoms with Gasteiger partial charge in [0, 0.05) is 32.3 Å². The Kier molecular flexibility index (Phi) is 9.49. The van der Waals surface area contributed by atoms with Gasteiger partial charge in [-0.25, -0.2) is 0 Å². The van der Waals surface area contributed by atoms with E-state index in [1.54, 1.807) is 0 Å². The maximum Gasteiger partial charge on any atom is 0.0599 e. The summed E-state index contributed by atoms with van der Waals surface area (Å²) in [6.07, 6.45) is 6.67. The fourth-order valence-corrected chi connectivity index (χ4v) is 2.70. The van der Waals surface area contributed by atoms with Crippen molar-refractivity contribution in [3.63, 3.8) is 0 Å². The van der Waals surface area contributed by atoms with E-state index in [9.17, 15) is 0 Å². The van der Waals surface area contributed by atoms with Crippen molar-refractivity contribution < 1.29 is 4.74 Å². The highest BCUT2D eigenvalue weighted by molar-refractivity contribution is 4.73. The largest absolute Gasteiger partial charge is 0.378 e. The third-order valence-corrected chi connectivity index (χ3v) is 4.28. The van der Waals surface area contributed by atoms with Gasteiger partial charge in [-0.2, -0.15) is 0 Å². The lowest BCUT2D eigenvalue weighted by Crippen LogP contribution is -2.39. The second-order valence-corrected chi connectivity index (χ2v) is 6.70. The van der Waals surface area contributed by atoms with Gasteiger partial charge in [0.05, 0.1) is 6.10 Å². The van der Waals surface area contributed by atoms with E-state index in [0.29, 0.717) is 12.1 Å². The minimum Gasteiger partial charge on any atom is -0.378 e. The predicted molar refractivity (Wildman–Crippen MR) is 87.2 cm³/mol. The van der Waals surface area contributed by atoms with Gasteiger partial charge in [0.25, 0.3) is 0 Å². The van der Waals surface area contributed by atoms with Crippen molar-refractivity contribution in [2.75, 3.05) is 32.8 Å². The molecular formula is C17H36N2O. The third kappa shape index (κ3) is 8.23. The Bertz CT molecular complexity index is 225. The molecule has 1 heterocycles. The van der Waals surface area contributed by atoms with E-state index >= 15 is 0 Å². The first-order valence-corrected chi connectivity index (χ1v) is 8.69. The first-order chi connectivity index (χ1) is 9.61. The highest BCUT2D eigenvalue weighted by Crippen LogP contribution is 2.16. The summed E-state index contributed by atoms with van der Waals surface area (Å²) in [5.74, 6) is 0.834. The van der Waals surface area contributed by atoms with E-state index in [1.807, 2.05) is 0 Å². The van der Waals surface area contributed by atoms with Crippen LogP contribution in [0.25, 0.3) is 0 Å². The Morgan fingerprint density at radius 1 is 1.15 bits per heavy atom. The Morgan fingerprint density at radius 3 is 2.45 bits per heavy atom. The molecule has 1 rings (SSSR count). The first-order valence-electron chi connectivity index (χ1n) is 8.69. The van der Waals surface area contributed by atoms with E-state index in [4.69, 9.17) is 4.74 Å². The van der Waals surface area contributed by atoms with Crippen LogP contribution in [0, 0.1) is 5.92 Å². The molecule has 3 heteroatoms. The molecule has 0 radical (unpaired) electrons. The lowest BCUT2D eigenvalue weighted by Gasteiger charge is -2.33. The zero-order valence-corrected chi connectivity index (χ0v) is 14.2. The number of likely N-dealkylation sites (tertiary alicyclic amines) is 1. The van der Waals surface area contributed by atoms with Crippen LogP contribution in [0.4, 0.5) is 0 Å². The SMILES string of the molecule is CCC(C)CN1CCC(OCCCCNC(C)C)CC1. The molecule has 0 aromatic carbocycles. The lowest BCUT2D eigenvalue weighted by atomic mass is 10.0. The van der Waals surface area contributed by atoms with Crippen molar-refractivity contribution in [1.82, 2.24) is 10.2 Å². The summed E-state index contributed by atoms with van der Waals surface area (Å²) in [4.78, 5) is 2.61. The molecule has 1 atom stereocenters. The first kappa shape index (κ1) is 17.9. The number of nitrogens with one attached hydrogen (secondary N) is 1. The number of rotatable bonds is 10. The zero-order valence-electron chi connectivity index (χ0n) is 14.2. The topological polar surface area (TPSA) is 24.5 Å². The number of unbranched alkanes of at least 4 members (excludes halogenated alkanes) is 1. The molecule has 3 nitrogen and oxygen atoms in total. The van der Waals surface area contributed by atoms with Crippen molar-refractivity contribution in [2.45, 2.75) is 71.9 Å².